The van der Waals surface area contributed by atoms with Crippen LogP contribution < -0.4 is 10.6 Å². The van der Waals surface area contributed by atoms with E-state index >= 15 is 0 Å². The average molecular weight is 350 g/mol. The summed E-state index contributed by atoms with van der Waals surface area (Å²) in [6, 6.07) is 15.5. The monoisotopic (exact) mass is 350 g/mol. The molecule has 1 amide bonds. The maximum Gasteiger partial charge on any atom is 0.270 e. The molecule has 0 fully saturated rings. The molecule has 1 aromatic heterocycles. The summed E-state index contributed by atoms with van der Waals surface area (Å²) >= 11 is 0. The van der Waals surface area contributed by atoms with Crippen LogP contribution in [-0.2, 0) is 6.54 Å². The van der Waals surface area contributed by atoms with Crippen molar-refractivity contribution in [1.82, 2.24) is 15.3 Å². The van der Waals surface area contributed by atoms with Crippen LogP contribution in [0.3, 0.4) is 0 Å². The molecular formula is C20H19FN4O. The first-order valence-corrected chi connectivity index (χ1v) is 8.21. The highest BCUT2D eigenvalue weighted by atomic mass is 19.1. The number of carbonyl (C=O) groups excluding carboxylic acids is 1. The fourth-order valence-electron chi connectivity index (χ4n) is 2.49. The Balaban J connectivity index is 1.71. The number of rotatable bonds is 5. The maximum atomic E-state index is 12.9. The highest BCUT2D eigenvalue weighted by Gasteiger charge is 2.11. The van der Waals surface area contributed by atoms with Crippen LogP contribution in [0.15, 0.2) is 54.6 Å². The Morgan fingerprint density at radius 2 is 1.81 bits per heavy atom. The van der Waals surface area contributed by atoms with Gasteiger partial charge in [0.25, 0.3) is 5.91 Å². The lowest BCUT2D eigenvalue weighted by Gasteiger charge is -2.10. The SMILES string of the molecule is Cc1cccc(Nc2cc(C(=O)NCc3ccc(F)cc3)nc(C)n2)c1. The molecule has 0 atom stereocenters. The fraction of sp³-hybridized carbons (Fsp3) is 0.150. The first-order chi connectivity index (χ1) is 12.5. The summed E-state index contributed by atoms with van der Waals surface area (Å²) in [5, 5.41) is 5.97. The molecule has 0 aliphatic carbocycles. The number of nitrogens with zero attached hydrogens (tertiary/aromatic N) is 2. The van der Waals surface area contributed by atoms with Crippen LogP contribution in [0.1, 0.15) is 27.4 Å². The molecule has 3 rings (SSSR count). The van der Waals surface area contributed by atoms with Crippen molar-refractivity contribution in [3.63, 3.8) is 0 Å². The first-order valence-electron chi connectivity index (χ1n) is 8.21. The second-order valence-corrected chi connectivity index (χ2v) is 5.99. The van der Waals surface area contributed by atoms with E-state index in [9.17, 15) is 9.18 Å². The van der Waals surface area contributed by atoms with Crippen molar-refractivity contribution in [2.45, 2.75) is 20.4 Å². The van der Waals surface area contributed by atoms with Gasteiger partial charge in [0, 0.05) is 18.3 Å². The molecule has 0 saturated heterocycles. The molecule has 0 spiro atoms. The molecule has 0 unspecified atom stereocenters. The smallest absolute Gasteiger partial charge is 0.270 e. The van der Waals surface area contributed by atoms with Crippen molar-refractivity contribution in [2.75, 3.05) is 5.32 Å². The molecule has 132 valence electrons. The number of benzene rings is 2. The molecule has 0 aliphatic heterocycles. The van der Waals surface area contributed by atoms with Gasteiger partial charge in [0.15, 0.2) is 0 Å². The van der Waals surface area contributed by atoms with Gasteiger partial charge in [0.1, 0.15) is 23.2 Å². The molecule has 1 heterocycles. The van der Waals surface area contributed by atoms with Gasteiger partial charge < -0.3 is 10.6 Å². The van der Waals surface area contributed by atoms with E-state index in [2.05, 4.69) is 20.6 Å². The predicted octanol–water partition coefficient (Wildman–Crippen LogP) is 3.91. The van der Waals surface area contributed by atoms with Crippen molar-refractivity contribution in [3.8, 4) is 0 Å². The second-order valence-electron chi connectivity index (χ2n) is 5.99. The van der Waals surface area contributed by atoms with Crippen LogP contribution >= 0.6 is 0 Å². The largest absolute Gasteiger partial charge is 0.347 e. The predicted molar refractivity (Wildman–Crippen MR) is 98.8 cm³/mol. The Bertz CT molecular complexity index is 925. The third-order valence-electron chi connectivity index (χ3n) is 3.73. The van der Waals surface area contributed by atoms with Gasteiger partial charge in [-0.05, 0) is 49.2 Å². The highest BCUT2D eigenvalue weighted by molar-refractivity contribution is 5.93. The topological polar surface area (TPSA) is 66.9 Å². The Hall–Kier alpha value is -3.28. The van der Waals surface area contributed by atoms with E-state index in [1.807, 2.05) is 31.2 Å². The van der Waals surface area contributed by atoms with Crippen molar-refractivity contribution in [3.05, 3.63) is 83.1 Å². The number of carbonyl (C=O) groups is 1. The lowest BCUT2D eigenvalue weighted by atomic mass is 10.2. The molecule has 26 heavy (non-hydrogen) atoms. The Morgan fingerprint density at radius 1 is 1.04 bits per heavy atom. The summed E-state index contributed by atoms with van der Waals surface area (Å²) in [5.74, 6) is 0.426. The van der Waals surface area contributed by atoms with E-state index in [0.717, 1.165) is 16.8 Å². The minimum absolute atomic E-state index is 0.273. The van der Waals surface area contributed by atoms with E-state index in [1.54, 1.807) is 25.1 Å². The zero-order valence-corrected chi connectivity index (χ0v) is 14.6. The molecular weight excluding hydrogens is 331 g/mol. The van der Waals surface area contributed by atoms with E-state index in [0.29, 0.717) is 18.2 Å². The Labute approximate surface area is 151 Å². The number of anilines is 2. The van der Waals surface area contributed by atoms with E-state index < -0.39 is 0 Å². The van der Waals surface area contributed by atoms with Crippen LogP contribution in [-0.4, -0.2) is 15.9 Å². The summed E-state index contributed by atoms with van der Waals surface area (Å²) in [6.07, 6.45) is 0. The Kier molecular flexibility index (Phi) is 5.22. The van der Waals surface area contributed by atoms with Gasteiger partial charge >= 0.3 is 0 Å². The first kappa shape index (κ1) is 17.5. The van der Waals surface area contributed by atoms with Crippen LogP contribution in [0.5, 0.6) is 0 Å². The molecule has 0 aliphatic rings. The molecule has 0 bridgehead atoms. The van der Waals surface area contributed by atoms with Crippen molar-refractivity contribution in [1.29, 1.82) is 0 Å². The van der Waals surface area contributed by atoms with Crippen molar-refractivity contribution < 1.29 is 9.18 Å². The molecule has 5 nitrogen and oxygen atoms in total. The maximum absolute atomic E-state index is 12.9. The number of hydrogen-bond donors (Lipinski definition) is 2. The number of hydrogen-bond acceptors (Lipinski definition) is 4. The third kappa shape index (κ3) is 4.63. The van der Waals surface area contributed by atoms with Gasteiger partial charge in [-0.2, -0.15) is 0 Å². The van der Waals surface area contributed by atoms with Gasteiger partial charge in [-0.1, -0.05) is 24.3 Å². The molecule has 0 radical (unpaired) electrons. The summed E-state index contributed by atoms with van der Waals surface area (Å²) < 4.78 is 12.9. The number of aryl methyl sites for hydroxylation is 2. The lowest BCUT2D eigenvalue weighted by Crippen LogP contribution is -2.24. The van der Waals surface area contributed by atoms with Crippen LogP contribution in [0.2, 0.25) is 0 Å². The average Bonchev–Trinajstić information content (AvgIpc) is 2.60. The normalized spacial score (nSPS) is 10.4. The summed E-state index contributed by atoms with van der Waals surface area (Å²) in [6.45, 7) is 4.03. The minimum atomic E-state index is -0.313. The van der Waals surface area contributed by atoms with E-state index in [4.69, 9.17) is 0 Å². The van der Waals surface area contributed by atoms with Crippen LogP contribution in [0.25, 0.3) is 0 Å². The molecule has 2 N–H and O–H groups in total. The number of halogens is 1. The molecule has 6 heteroatoms. The molecule has 3 aromatic rings. The lowest BCUT2D eigenvalue weighted by molar-refractivity contribution is 0.0945. The van der Waals surface area contributed by atoms with Crippen LogP contribution in [0.4, 0.5) is 15.9 Å². The fourth-order valence-corrected chi connectivity index (χ4v) is 2.49. The van der Waals surface area contributed by atoms with Crippen molar-refractivity contribution in [2.24, 2.45) is 0 Å². The quantitative estimate of drug-likeness (QED) is 0.732. The summed E-state index contributed by atoms with van der Waals surface area (Å²) in [7, 11) is 0. The van der Waals surface area contributed by atoms with Gasteiger partial charge in [-0.25, -0.2) is 14.4 Å². The van der Waals surface area contributed by atoms with E-state index in [1.165, 1.54) is 12.1 Å². The van der Waals surface area contributed by atoms with Gasteiger partial charge in [0.2, 0.25) is 0 Å². The third-order valence-corrected chi connectivity index (χ3v) is 3.73. The highest BCUT2D eigenvalue weighted by Crippen LogP contribution is 2.16. The zero-order chi connectivity index (χ0) is 18.5. The number of amides is 1. The van der Waals surface area contributed by atoms with Gasteiger partial charge in [-0.3, -0.25) is 4.79 Å². The molecule has 0 saturated carbocycles. The van der Waals surface area contributed by atoms with Gasteiger partial charge in [-0.15, -0.1) is 0 Å². The standard InChI is InChI=1S/C20H19FN4O/c1-13-4-3-5-17(10-13)25-19-11-18(23-14(2)24-19)20(26)22-12-15-6-8-16(21)9-7-15/h3-11H,12H2,1-2H3,(H,22,26)(H,23,24,25). The van der Waals surface area contributed by atoms with Crippen LogP contribution in [0, 0.1) is 19.7 Å². The van der Waals surface area contributed by atoms with E-state index in [-0.39, 0.29) is 17.4 Å². The van der Waals surface area contributed by atoms with Gasteiger partial charge in [0.05, 0.1) is 0 Å². The summed E-state index contributed by atoms with van der Waals surface area (Å²) in [4.78, 5) is 20.9. The minimum Gasteiger partial charge on any atom is -0.347 e. The second kappa shape index (κ2) is 7.74. The number of nitrogens with one attached hydrogen (secondary N) is 2. The Morgan fingerprint density at radius 3 is 2.54 bits per heavy atom. The zero-order valence-electron chi connectivity index (χ0n) is 14.6. The molecule has 2 aromatic carbocycles. The van der Waals surface area contributed by atoms with Crippen molar-refractivity contribution >= 4 is 17.4 Å². The number of aromatic nitrogens is 2. The summed E-state index contributed by atoms with van der Waals surface area (Å²) in [5.41, 5.74) is 3.09.